The zero-order valence-corrected chi connectivity index (χ0v) is 15.3. The van der Waals surface area contributed by atoms with Crippen molar-refractivity contribution in [2.24, 2.45) is 0 Å². The van der Waals surface area contributed by atoms with Crippen molar-refractivity contribution in [2.75, 3.05) is 6.54 Å². The van der Waals surface area contributed by atoms with Gasteiger partial charge in [-0.05, 0) is 90.2 Å². The Morgan fingerprint density at radius 2 is 1.71 bits per heavy atom. The summed E-state index contributed by atoms with van der Waals surface area (Å²) in [6.07, 6.45) is 2.20. The minimum atomic E-state index is 0.393. The van der Waals surface area contributed by atoms with Crippen LogP contribution in [0.2, 0.25) is 0 Å². The zero-order valence-electron chi connectivity index (χ0n) is 13.1. The van der Waals surface area contributed by atoms with Crippen LogP contribution >= 0.6 is 22.6 Å². The van der Waals surface area contributed by atoms with Crippen molar-refractivity contribution in [2.45, 2.75) is 39.7 Å². The number of rotatable bonds is 6. The lowest BCUT2D eigenvalue weighted by Gasteiger charge is -2.20. The first-order chi connectivity index (χ1) is 10.1. The monoisotopic (exact) mass is 393 g/mol. The Bertz CT molecular complexity index is 575. The largest absolute Gasteiger partial charge is 0.310 e. The fraction of sp³-hybridized carbons (Fsp3) is 0.368. The second kappa shape index (κ2) is 7.95. The Labute approximate surface area is 142 Å². The van der Waals surface area contributed by atoms with Crippen LogP contribution in [0.5, 0.6) is 0 Å². The van der Waals surface area contributed by atoms with Crippen molar-refractivity contribution >= 4 is 22.6 Å². The molecular formula is C19H24IN. The van der Waals surface area contributed by atoms with Crippen LogP contribution in [0.1, 0.15) is 41.6 Å². The van der Waals surface area contributed by atoms with Crippen molar-refractivity contribution in [1.29, 1.82) is 0 Å². The Kier molecular flexibility index (Phi) is 6.24. The second-order valence-electron chi connectivity index (χ2n) is 5.68. The Morgan fingerprint density at radius 3 is 2.33 bits per heavy atom. The van der Waals surface area contributed by atoms with Gasteiger partial charge in [-0.3, -0.25) is 0 Å². The predicted octanol–water partition coefficient (Wildman–Crippen LogP) is 5.19. The van der Waals surface area contributed by atoms with E-state index in [2.05, 4.69) is 91.1 Å². The summed E-state index contributed by atoms with van der Waals surface area (Å²) in [7, 11) is 0. The third-order valence-electron chi connectivity index (χ3n) is 3.92. The van der Waals surface area contributed by atoms with E-state index in [1.165, 1.54) is 25.8 Å². The molecule has 1 atom stereocenters. The normalized spacial score (nSPS) is 12.4. The van der Waals surface area contributed by atoms with Crippen LogP contribution in [-0.4, -0.2) is 6.54 Å². The van der Waals surface area contributed by atoms with Gasteiger partial charge in [-0.25, -0.2) is 0 Å². The van der Waals surface area contributed by atoms with Gasteiger partial charge in [0.25, 0.3) is 0 Å². The molecule has 0 heterocycles. The average Bonchev–Trinajstić information content (AvgIpc) is 2.48. The Morgan fingerprint density at radius 1 is 1.00 bits per heavy atom. The van der Waals surface area contributed by atoms with E-state index in [0.29, 0.717) is 6.04 Å². The molecule has 2 aromatic carbocycles. The summed E-state index contributed by atoms with van der Waals surface area (Å²) in [5.74, 6) is 0. The molecule has 0 aromatic heterocycles. The van der Waals surface area contributed by atoms with Crippen molar-refractivity contribution in [1.82, 2.24) is 5.32 Å². The average molecular weight is 393 g/mol. The SMILES string of the molecule is CCCNC(Cc1ccc(C)c(C)c1)c1ccc(I)cc1. The van der Waals surface area contributed by atoms with E-state index in [1.807, 2.05) is 0 Å². The minimum absolute atomic E-state index is 0.393. The van der Waals surface area contributed by atoms with Gasteiger partial charge in [0.2, 0.25) is 0 Å². The van der Waals surface area contributed by atoms with E-state index >= 15 is 0 Å². The molecule has 0 amide bonds. The van der Waals surface area contributed by atoms with Gasteiger partial charge < -0.3 is 5.32 Å². The first kappa shape index (κ1) is 16.5. The summed E-state index contributed by atoms with van der Waals surface area (Å²) in [6.45, 7) is 7.64. The molecule has 21 heavy (non-hydrogen) atoms. The molecule has 2 rings (SSSR count). The summed E-state index contributed by atoms with van der Waals surface area (Å²) in [5.41, 5.74) is 5.53. The maximum atomic E-state index is 3.69. The molecular weight excluding hydrogens is 369 g/mol. The lowest BCUT2D eigenvalue weighted by atomic mass is 9.96. The van der Waals surface area contributed by atoms with E-state index in [9.17, 15) is 0 Å². The summed E-state index contributed by atoms with van der Waals surface area (Å²) >= 11 is 2.36. The molecule has 0 saturated carbocycles. The number of hydrogen-bond donors (Lipinski definition) is 1. The first-order valence-electron chi connectivity index (χ1n) is 7.65. The van der Waals surface area contributed by atoms with Crippen LogP contribution in [0.4, 0.5) is 0 Å². The molecule has 1 N–H and O–H groups in total. The van der Waals surface area contributed by atoms with E-state index in [4.69, 9.17) is 0 Å². The minimum Gasteiger partial charge on any atom is -0.310 e. The fourth-order valence-corrected chi connectivity index (χ4v) is 2.85. The maximum Gasteiger partial charge on any atom is 0.0360 e. The zero-order chi connectivity index (χ0) is 15.2. The van der Waals surface area contributed by atoms with E-state index in [1.54, 1.807) is 0 Å². The molecule has 0 saturated heterocycles. The van der Waals surface area contributed by atoms with Gasteiger partial charge in [0.05, 0.1) is 0 Å². The van der Waals surface area contributed by atoms with Gasteiger partial charge in [0.1, 0.15) is 0 Å². The van der Waals surface area contributed by atoms with E-state index < -0.39 is 0 Å². The third-order valence-corrected chi connectivity index (χ3v) is 4.64. The van der Waals surface area contributed by atoms with Gasteiger partial charge in [-0.2, -0.15) is 0 Å². The van der Waals surface area contributed by atoms with Gasteiger partial charge >= 0.3 is 0 Å². The lowest BCUT2D eigenvalue weighted by molar-refractivity contribution is 0.529. The molecule has 0 radical (unpaired) electrons. The van der Waals surface area contributed by atoms with Gasteiger partial charge in [-0.1, -0.05) is 37.3 Å². The van der Waals surface area contributed by atoms with Crippen LogP contribution in [0.3, 0.4) is 0 Å². The van der Waals surface area contributed by atoms with E-state index in [-0.39, 0.29) is 0 Å². The van der Waals surface area contributed by atoms with E-state index in [0.717, 1.165) is 19.4 Å². The highest BCUT2D eigenvalue weighted by molar-refractivity contribution is 14.1. The molecule has 0 spiro atoms. The maximum absolute atomic E-state index is 3.69. The molecule has 1 unspecified atom stereocenters. The smallest absolute Gasteiger partial charge is 0.0360 e. The topological polar surface area (TPSA) is 12.0 Å². The molecule has 112 valence electrons. The van der Waals surface area contributed by atoms with Gasteiger partial charge in [-0.15, -0.1) is 0 Å². The Balaban J connectivity index is 2.19. The molecule has 2 heteroatoms. The predicted molar refractivity (Wildman–Crippen MR) is 99.8 cm³/mol. The quantitative estimate of drug-likeness (QED) is 0.666. The Hall–Kier alpha value is -0.870. The number of benzene rings is 2. The summed E-state index contributed by atoms with van der Waals surface area (Å²) in [6, 6.07) is 16.1. The summed E-state index contributed by atoms with van der Waals surface area (Å²) in [4.78, 5) is 0. The van der Waals surface area contributed by atoms with Crippen LogP contribution in [0.25, 0.3) is 0 Å². The van der Waals surface area contributed by atoms with Crippen molar-refractivity contribution in [3.63, 3.8) is 0 Å². The lowest BCUT2D eigenvalue weighted by Crippen LogP contribution is -2.24. The molecule has 1 nitrogen and oxygen atoms in total. The number of hydrogen-bond acceptors (Lipinski definition) is 1. The van der Waals surface area contributed by atoms with Crippen LogP contribution < -0.4 is 5.32 Å². The first-order valence-corrected chi connectivity index (χ1v) is 8.73. The molecule has 0 aliphatic carbocycles. The van der Waals surface area contributed by atoms with Crippen LogP contribution in [-0.2, 0) is 6.42 Å². The molecule has 0 bridgehead atoms. The van der Waals surface area contributed by atoms with Gasteiger partial charge in [0, 0.05) is 9.61 Å². The van der Waals surface area contributed by atoms with Crippen LogP contribution in [0.15, 0.2) is 42.5 Å². The molecule has 0 aliphatic heterocycles. The van der Waals surface area contributed by atoms with Crippen molar-refractivity contribution < 1.29 is 0 Å². The number of aryl methyl sites for hydroxylation is 2. The molecule has 0 fully saturated rings. The summed E-state index contributed by atoms with van der Waals surface area (Å²) < 4.78 is 1.29. The van der Waals surface area contributed by atoms with Crippen molar-refractivity contribution in [3.05, 3.63) is 68.3 Å². The highest BCUT2D eigenvalue weighted by atomic mass is 127. The molecule has 0 aliphatic rings. The molecule has 2 aromatic rings. The number of nitrogens with one attached hydrogen (secondary N) is 1. The number of halogens is 1. The third kappa shape index (κ3) is 4.82. The highest BCUT2D eigenvalue weighted by Gasteiger charge is 2.12. The van der Waals surface area contributed by atoms with Crippen LogP contribution in [0, 0.1) is 17.4 Å². The second-order valence-corrected chi connectivity index (χ2v) is 6.93. The van der Waals surface area contributed by atoms with Gasteiger partial charge in [0.15, 0.2) is 0 Å². The summed E-state index contributed by atoms with van der Waals surface area (Å²) in [5, 5.41) is 3.69. The fourth-order valence-electron chi connectivity index (χ4n) is 2.49. The standard InChI is InChI=1S/C19H24IN/c1-4-11-21-19(17-7-9-18(20)10-8-17)13-16-6-5-14(2)15(3)12-16/h5-10,12,19,21H,4,11,13H2,1-3H3. The highest BCUT2D eigenvalue weighted by Crippen LogP contribution is 2.21. The van der Waals surface area contributed by atoms with Crippen molar-refractivity contribution in [3.8, 4) is 0 Å².